The summed E-state index contributed by atoms with van der Waals surface area (Å²) in [6.45, 7) is 26.0. The SMILES string of the molecule is CCCC[N+]1=c2ccc(=C(c3ccc(CC)cc3)c3ccc(N(CC)CC)cc3)cc2CCc2ccccc21.CCN.CCN.CCc1ccc(C=C2C=CC(=[N+](CC)CC)C=C2)cc1.O=P(Cl)(Cl)Cl.[Cl-]. The molecule has 6 nitrogen and oxygen atoms in total. The van der Waals surface area contributed by atoms with Crippen LogP contribution in [0.15, 0.2) is 145 Å². The molecule has 0 fully saturated rings. The fourth-order valence-corrected chi connectivity index (χ4v) is 8.39. The van der Waals surface area contributed by atoms with Crippen molar-refractivity contribution in [1.82, 2.24) is 4.58 Å². The van der Waals surface area contributed by atoms with Crippen molar-refractivity contribution in [2.45, 2.75) is 101 Å². The first kappa shape index (κ1) is 62.9. The maximum Gasteiger partial charge on any atom is 0.339 e. The Balaban J connectivity index is 0.000000450. The zero-order valence-corrected chi connectivity index (χ0v) is 47.8. The Labute approximate surface area is 448 Å². The third kappa shape index (κ3) is 21.0. The van der Waals surface area contributed by atoms with E-state index in [2.05, 4.69) is 242 Å². The molecule has 1 heterocycles. The van der Waals surface area contributed by atoms with Crippen molar-refractivity contribution in [1.29, 1.82) is 0 Å². The number of fused-ring (bicyclic) bond motifs is 2. The number of nitrogens with two attached hydrogens (primary N) is 2. The van der Waals surface area contributed by atoms with Gasteiger partial charge in [-0.25, -0.2) is 4.58 Å². The second-order valence-electron chi connectivity index (χ2n) is 16.8. The van der Waals surface area contributed by atoms with Gasteiger partial charge in [-0.1, -0.05) is 120 Å². The average Bonchev–Trinajstić information content (AvgIpc) is 3.52. The van der Waals surface area contributed by atoms with Crippen molar-refractivity contribution in [2.75, 3.05) is 50.7 Å². The third-order valence-corrected chi connectivity index (χ3v) is 12.0. The van der Waals surface area contributed by atoms with Crippen LogP contribution in [0, 0.1) is 0 Å². The number of nitrogens with zero attached hydrogens (tertiary/aromatic N) is 3. The maximum atomic E-state index is 9.51. The Morgan fingerprint density at radius 3 is 1.65 bits per heavy atom. The molecule has 0 saturated carbocycles. The van der Waals surface area contributed by atoms with Gasteiger partial charge in [0.25, 0.3) is 0 Å². The molecule has 0 aromatic heterocycles. The Morgan fingerprint density at radius 2 is 1.15 bits per heavy atom. The Hall–Kier alpha value is -4.23. The standard InChI is InChI=1S/C37H43N2.C19H24N.2C2H7N.Cl3OP.ClH/c1-5-9-26-39-35-13-11-10-12-29(35)18-19-32-27-33(22-25-36(32)39)37(30-16-14-28(6-2)15-17-30)31-20-23-34(24-21-31)38(7-3)8-4;1-4-16-7-9-17(10-8-16)15-18-11-13-19(14-12-18)20(5-2)6-3;2*1-2-3;1-5(2,3)4;/h10-17,20-25,27H,5-9,18-19,26H2,1-4H3;7-15H,4-6H2,1-3H3;2*2-3H2,1H3;;1H/q2*+1;;;;/p-1. The predicted molar refractivity (Wildman–Crippen MR) is 311 cm³/mol. The highest BCUT2D eigenvalue weighted by molar-refractivity contribution is 8.24. The molecule has 5 aromatic rings. The van der Waals surface area contributed by atoms with E-state index in [0.717, 1.165) is 71.5 Å². The van der Waals surface area contributed by atoms with Crippen LogP contribution < -0.4 is 43.9 Å². The van der Waals surface area contributed by atoms with Gasteiger partial charge in [-0.2, -0.15) is 4.58 Å². The van der Waals surface area contributed by atoms with Crippen molar-refractivity contribution in [3.8, 4) is 0 Å². The van der Waals surface area contributed by atoms with Crippen molar-refractivity contribution in [3.05, 3.63) is 195 Å². The lowest BCUT2D eigenvalue weighted by molar-refractivity contribution is -0.519. The fraction of sp³-hybridized carbons (Fsp3) is 0.367. The molecule has 0 saturated heterocycles. The van der Waals surface area contributed by atoms with Gasteiger partial charge in [-0.05, 0) is 187 Å². The first-order valence-corrected chi connectivity index (χ1v) is 29.9. The molecule has 1 aliphatic carbocycles. The first-order valence-electron chi connectivity index (χ1n) is 25.4. The van der Waals surface area contributed by atoms with E-state index in [4.69, 9.17) is 11.5 Å². The van der Waals surface area contributed by atoms with Crippen LogP contribution >= 0.6 is 38.9 Å². The molecule has 0 unspecified atom stereocenters. The molecule has 5 aromatic carbocycles. The summed E-state index contributed by atoms with van der Waals surface area (Å²) >= 11 is 13.8. The number of hydrogen-bond acceptors (Lipinski definition) is 4. The smallest absolute Gasteiger partial charge is 0.339 e. The van der Waals surface area contributed by atoms with Crippen LogP contribution in [0.5, 0.6) is 0 Å². The van der Waals surface area contributed by atoms with Crippen LogP contribution in [0.2, 0.25) is 0 Å². The highest BCUT2D eigenvalue weighted by Crippen LogP contribution is 2.61. The van der Waals surface area contributed by atoms with Crippen LogP contribution in [0.4, 0.5) is 11.4 Å². The molecule has 71 heavy (non-hydrogen) atoms. The van der Waals surface area contributed by atoms with Crippen LogP contribution in [0.3, 0.4) is 0 Å². The molecular formula is C60H81Cl4N5OP+. The molecule has 4 N–H and O–H groups in total. The number of anilines is 1. The minimum atomic E-state index is -3.22. The topological polar surface area (TPSA) is 78.4 Å². The number of aryl methyl sites for hydroxylation is 4. The molecule has 7 rings (SSSR count). The lowest BCUT2D eigenvalue weighted by Gasteiger charge is -2.21. The number of allylic oxidation sites excluding steroid dienone is 5. The highest BCUT2D eigenvalue weighted by Gasteiger charge is 2.21. The largest absolute Gasteiger partial charge is 1.00 e. The molecule has 11 heteroatoms. The van der Waals surface area contributed by atoms with Crippen molar-refractivity contribution < 1.29 is 21.5 Å². The fourth-order valence-electron chi connectivity index (χ4n) is 8.39. The first-order chi connectivity index (χ1) is 33.8. The second kappa shape index (κ2) is 34.2. The molecule has 0 spiro atoms. The maximum absolute atomic E-state index is 9.51. The molecule has 1 aliphatic heterocycles. The second-order valence-corrected chi connectivity index (χ2v) is 23.5. The van der Waals surface area contributed by atoms with E-state index >= 15 is 0 Å². The minimum Gasteiger partial charge on any atom is -1.00 e. The number of para-hydroxylation sites is 1. The van der Waals surface area contributed by atoms with Crippen molar-refractivity contribution >= 4 is 67.7 Å². The molecule has 2 aliphatic rings. The third-order valence-electron chi connectivity index (χ3n) is 12.0. The molecule has 0 amide bonds. The van der Waals surface area contributed by atoms with Gasteiger partial charge in [-0.15, -0.1) is 0 Å². The zero-order valence-electron chi connectivity index (χ0n) is 43.9. The van der Waals surface area contributed by atoms with E-state index in [1.54, 1.807) is 0 Å². The van der Waals surface area contributed by atoms with Crippen LogP contribution in [-0.2, 0) is 30.2 Å². The highest BCUT2D eigenvalue weighted by atomic mass is 36.0. The van der Waals surface area contributed by atoms with Gasteiger partial charge in [0.05, 0.1) is 0 Å². The lowest BCUT2D eigenvalue weighted by atomic mass is 9.93. The van der Waals surface area contributed by atoms with E-state index < -0.39 is 5.20 Å². The predicted octanol–water partition coefficient (Wildman–Crippen LogP) is 11.1. The van der Waals surface area contributed by atoms with E-state index in [0.29, 0.717) is 0 Å². The summed E-state index contributed by atoms with van der Waals surface area (Å²) in [4.78, 5) is 2.41. The summed E-state index contributed by atoms with van der Waals surface area (Å²) in [7, 11) is 0. The number of hydrogen-bond donors (Lipinski definition) is 2. The monoisotopic (exact) mass is 1060 g/mol. The molecular weight excluding hydrogens is 979 g/mol. The molecule has 0 radical (unpaired) electrons. The summed E-state index contributed by atoms with van der Waals surface area (Å²) in [6, 6.07) is 43.4. The number of halogens is 4. The average molecular weight is 1060 g/mol. The van der Waals surface area contributed by atoms with Crippen LogP contribution in [0.1, 0.15) is 114 Å². The quantitative estimate of drug-likeness (QED) is 0.0910. The summed E-state index contributed by atoms with van der Waals surface area (Å²) in [5.41, 5.74) is 25.7. The van der Waals surface area contributed by atoms with Crippen molar-refractivity contribution in [3.63, 3.8) is 0 Å². The van der Waals surface area contributed by atoms with Crippen molar-refractivity contribution in [2.24, 2.45) is 11.5 Å². The molecule has 0 bridgehead atoms. The summed E-state index contributed by atoms with van der Waals surface area (Å²) in [6.07, 6.45) is 17.7. The Morgan fingerprint density at radius 1 is 0.662 bits per heavy atom. The normalized spacial score (nSPS) is 12.6. The van der Waals surface area contributed by atoms with Gasteiger partial charge in [0.1, 0.15) is 19.6 Å². The number of rotatable bonds is 13. The van der Waals surface area contributed by atoms with Gasteiger partial charge in [-0.3, -0.25) is 4.57 Å². The van der Waals surface area contributed by atoms with Crippen LogP contribution in [0.25, 0.3) is 11.6 Å². The van der Waals surface area contributed by atoms with E-state index in [-0.39, 0.29) is 12.4 Å². The number of unbranched alkanes of at least 4 members (excludes halogenated alkanes) is 1. The Kier molecular flexibility index (Phi) is 30.3. The number of benzene rings is 5. The summed E-state index contributed by atoms with van der Waals surface area (Å²) < 4.78 is 14.4. The van der Waals surface area contributed by atoms with E-state index in [1.807, 2.05) is 13.8 Å². The summed E-state index contributed by atoms with van der Waals surface area (Å²) in [5, 5.41) is -0.551. The van der Waals surface area contributed by atoms with E-state index in [9.17, 15) is 4.57 Å². The van der Waals surface area contributed by atoms with Gasteiger partial charge in [0.15, 0.2) is 5.71 Å². The van der Waals surface area contributed by atoms with Gasteiger partial charge in [0.2, 0.25) is 11.0 Å². The summed E-state index contributed by atoms with van der Waals surface area (Å²) in [5.74, 6) is 0. The molecule has 384 valence electrons. The zero-order chi connectivity index (χ0) is 51.5. The minimum absolute atomic E-state index is 0. The molecule has 0 atom stereocenters. The Bertz CT molecular complexity index is 2610. The van der Waals surface area contributed by atoms with Gasteiger partial charge in [0, 0.05) is 60.6 Å². The van der Waals surface area contributed by atoms with Gasteiger partial charge >= 0.3 is 5.20 Å². The lowest BCUT2D eigenvalue weighted by Crippen LogP contribution is -3.00. The van der Waals surface area contributed by atoms with Gasteiger partial charge < -0.3 is 28.8 Å². The van der Waals surface area contributed by atoms with E-state index in [1.165, 1.54) is 90.6 Å². The van der Waals surface area contributed by atoms with Crippen LogP contribution in [-0.4, -0.2) is 56.1 Å².